The van der Waals surface area contributed by atoms with Crippen molar-refractivity contribution in [3.63, 3.8) is 0 Å². The van der Waals surface area contributed by atoms with Gasteiger partial charge in [-0.2, -0.15) is 0 Å². The van der Waals surface area contributed by atoms with Crippen molar-refractivity contribution in [2.75, 3.05) is 0 Å². The maximum absolute atomic E-state index is 10.3. The summed E-state index contributed by atoms with van der Waals surface area (Å²) in [5.41, 5.74) is 0. The molecule has 0 N–H and O–H groups in total. The van der Waals surface area contributed by atoms with Gasteiger partial charge in [-0.1, -0.05) is 36.4 Å². The first-order valence-electron chi connectivity index (χ1n) is 5.23. The van der Waals surface area contributed by atoms with E-state index in [0.717, 1.165) is 0 Å². The van der Waals surface area contributed by atoms with E-state index in [-0.39, 0.29) is 23.3 Å². The summed E-state index contributed by atoms with van der Waals surface area (Å²) < 4.78 is 61.7. The smallest absolute Gasteiger partial charge is 0.744 e. The Morgan fingerprint density at radius 3 is 0.952 bits per heavy atom. The maximum Gasteiger partial charge on any atom is 2.00 e. The standard InChI is InChI=1S/2C6H6O3S.S/c2*7-10(8,9)6-4-2-1-3-5-6;/h2*1-5H,(H,7,8,9);/q;;+2/p-2. The summed E-state index contributed by atoms with van der Waals surface area (Å²) in [6.45, 7) is 0. The second-order valence-corrected chi connectivity index (χ2v) is 6.29. The van der Waals surface area contributed by atoms with Gasteiger partial charge in [0.15, 0.2) is 0 Å². The predicted molar refractivity (Wildman–Crippen MR) is 76.2 cm³/mol. The maximum atomic E-state index is 10.3. The molecule has 0 aliphatic carbocycles. The van der Waals surface area contributed by atoms with E-state index < -0.39 is 20.2 Å². The first-order valence-corrected chi connectivity index (χ1v) is 8.05. The molecule has 9 heteroatoms. The lowest BCUT2D eigenvalue weighted by molar-refractivity contribution is 0.461. The highest BCUT2D eigenvalue weighted by Gasteiger charge is 2.00. The minimum Gasteiger partial charge on any atom is -0.744 e. The normalized spacial score (nSPS) is 10.8. The molecule has 0 fully saturated rings. The van der Waals surface area contributed by atoms with Crippen molar-refractivity contribution in [2.45, 2.75) is 9.79 Å². The molecule has 6 nitrogen and oxygen atoms in total. The van der Waals surface area contributed by atoms with Crippen LogP contribution in [0.4, 0.5) is 0 Å². The van der Waals surface area contributed by atoms with Gasteiger partial charge < -0.3 is 9.11 Å². The first kappa shape index (κ1) is 19.6. The van der Waals surface area contributed by atoms with Gasteiger partial charge in [0.25, 0.3) is 0 Å². The van der Waals surface area contributed by atoms with E-state index in [2.05, 4.69) is 0 Å². The molecule has 0 aromatic heterocycles. The van der Waals surface area contributed by atoms with Crippen LogP contribution in [-0.2, 0) is 33.7 Å². The highest BCUT2D eigenvalue weighted by molar-refractivity contribution is 7.86. The number of hydrogen-bond acceptors (Lipinski definition) is 6. The molecule has 4 radical (unpaired) electrons. The lowest BCUT2D eigenvalue weighted by atomic mass is 10.4. The van der Waals surface area contributed by atoms with Gasteiger partial charge in [-0.3, -0.25) is 0 Å². The predicted octanol–water partition coefficient (Wildman–Crippen LogP) is 1.18. The third-order valence-electron chi connectivity index (χ3n) is 2.06. The molecular formula is C12H10O6S3. The van der Waals surface area contributed by atoms with Gasteiger partial charge in [-0.05, 0) is 24.3 Å². The Kier molecular flexibility index (Phi) is 7.61. The lowest BCUT2D eigenvalue weighted by Crippen LogP contribution is -1.96. The Morgan fingerprint density at radius 2 is 0.810 bits per heavy atom. The van der Waals surface area contributed by atoms with E-state index in [4.69, 9.17) is 0 Å². The Morgan fingerprint density at radius 1 is 0.571 bits per heavy atom. The van der Waals surface area contributed by atoms with Crippen LogP contribution in [0.2, 0.25) is 0 Å². The number of hydrogen-bond donors (Lipinski definition) is 0. The number of rotatable bonds is 2. The molecule has 0 saturated carbocycles. The van der Waals surface area contributed by atoms with Crippen LogP contribution >= 0.6 is 0 Å². The van der Waals surface area contributed by atoms with Crippen molar-refractivity contribution in [3.8, 4) is 0 Å². The van der Waals surface area contributed by atoms with Crippen LogP contribution in [0.25, 0.3) is 0 Å². The van der Waals surface area contributed by atoms with Crippen molar-refractivity contribution in [1.29, 1.82) is 0 Å². The van der Waals surface area contributed by atoms with Crippen molar-refractivity contribution < 1.29 is 25.9 Å². The van der Waals surface area contributed by atoms with Crippen LogP contribution in [0.3, 0.4) is 0 Å². The molecule has 0 aliphatic rings. The van der Waals surface area contributed by atoms with Crippen molar-refractivity contribution >= 4 is 33.7 Å². The topological polar surface area (TPSA) is 114 Å². The van der Waals surface area contributed by atoms with Crippen molar-refractivity contribution in [3.05, 3.63) is 60.7 Å². The summed E-state index contributed by atoms with van der Waals surface area (Å²) in [5.74, 6) is 0. The van der Waals surface area contributed by atoms with Gasteiger partial charge in [0, 0.05) is 0 Å². The van der Waals surface area contributed by atoms with E-state index in [0.29, 0.717) is 0 Å². The molecule has 0 aliphatic heterocycles. The molecule has 0 spiro atoms. The SMILES string of the molecule is O=S(=O)([O-])c1ccccc1.O=S(=O)([O-])c1ccccc1.[S+2]. The minimum atomic E-state index is -4.25. The summed E-state index contributed by atoms with van der Waals surface area (Å²) in [6.07, 6.45) is 0. The number of benzene rings is 2. The van der Waals surface area contributed by atoms with Crippen LogP contribution in [0, 0.1) is 0 Å². The van der Waals surface area contributed by atoms with E-state index in [1.165, 1.54) is 48.5 Å². The highest BCUT2D eigenvalue weighted by Crippen LogP contribution is 2.05. The van der Waals surface area contributed by atoms with Gasteiger partial charge in [-0.15, -0.1) is 0 Å². The molecule has 0 bridgehead atoms. The molecule has 0 unspecified atom stereocenters. The third kappa shape index (κ3) is 7.25. The second kappa shape index (κ2) is 8.15. The van der Waals surface area contributed by atoms with Gasteiger partial charge in [0.2, 0.25) is 0 Å². The van der Waals surface area contributed by atoms with Crippen LogP contribution in [0.1, 0.15) is 0 Å². The average Bonchev–Trinajstić information content (AvgIpc) is 2.40. The van der Waals surface area contributed by atoms with E-state index >= 15 is 0 Å². The van der Waals surface area contributed by atoms with Gasteiger partial charge >= 0.3 is 13.5 Å². The monoisotopic (exact) mass is 346 g/mol. The van der Waals surface area contributed by atoms with Gasteiger partial charge in [0.1, 0.15) is 20.2 Å². The second-order valence-electron chi connectivity index (χ2n) is 3.53. The highest BCUT2D eigenvalue weighted by atomic mass is 32.2. The third-order valence-corrected chi connectivity index (χ3v) is 3.76. The Balaban J connectivity index is 0.000000364. The molecule has 2 aromatic carbocycles. The van der Waals surface area contributed by atoms with Crippen LogP contribution in [0.15, 0.2) is 70.5 Å². The average molecular weight is 346 g/mol. The molecule has 0 heterocycles. The fourth-order valence-electron chi connectivity index (χ4n) is 1.17. The van der Waals surface area contributed by atoms with Crippen LogP contribution < -0.4 is 0 Å². The quantitative estimate of drug-likeness (QED) is 0.754. The molecule has 112 valence electrons. The molecule has 0 amide bonds. The zero-order valence-electron chi connectivity index (χ0n) is 10.4. The summed E-state index contributed by atoms with van der Waals surface area (Å²) in [4.78, 5) is -0.370. The Bertz CT molecular complexity index is 673. The molecule has 2 rings (SSSR count). The summed E-state index contributed by atoms with van der Waals surface area (Å²) in [7, 11) is -8.51. The largest absolute Gasteiger partial charge is 2.00 e. The summed E-state index contributed by atoms with van der Waals surface area (Å²) >= 11 is 0. The molecule has 2 aromatic rings. The molecular weight excluding hydrogens is 336 g/mol. The van der Waals surface area contributed by atoms with E-state index in [1.54, 1.807) is 12.1 Å². The van der Waals surface area contributed by atoms with Crippen LogP contribution in [0.5, 0.6) is 0 Å². The molecule has 21 heavy (non-hydrogen) atoms. The Hall–Kier alpha value is -1.39. The molecule has 0 saturated heterocycles. The zero-order valence-corrected chi connectivity index (χ0v) is 12.9. The Labute approximate surface area is 130 Å². The fourth-order valence-corrected chi connectivity index (χ4v) is 2.16. The summed E-state index contributed by atoms with van der Waals surface area (Å²) in [6, 6.07) is 14.4. The van der Waals surface area contributed by atoms with Crippen molar-refractivity contribution in [1.82, 2.24) is 0 Å². The van der Waals surface area contributed by atoms with Gasteiger partial charge in [0.05, 0.1) is 9.79 Å². The van der Waals surface area contributed by atoms with Gasteiger partial charge in [-0.25, -0.2) is 16.8 Å². The molecule has 0 atom stereocenters. The van der Waals surface area contributed by atoms with Crippen molar-refractivity contribution in [2.24, 2.45) is 0 Å². The minimum absolute atomic E-state index is 0. The fraction of sp³-hybridized carbons (Fsp3) is 0. The van der Waals surface area contributed by atoms with Crippen LogP contribution in [-0.4, -0.2) is 25.9 Å². The summed E-state index contributed by atoms with van der Waals surface area (Å²) in [5, 5.41) is 0. The zero-order chi connectivity index (χ0) is 15.2. The lowest BCUT2D eigenvalue weighted by Gasteiger charge is -2.04. The van der Waals surface area contributed by atoms with E-state index in [1.807, 2.05) is 0 Å². The first-order chi connectivity index (χ1) is 9.21. The van der Waals surface area contributed by atoms with E-state index in [9.17, 15) is 25.9 Å².